The van der Waals surface area contributed by atoms with Gasteiger partial charge in [0.1, 0.15) is 5.65 Å². The molecule has 0 aliphatic heterocycles. The molecule has 7 nitrogen and oxygen atoms in total. The van der Waals surface area contributed by atoms with E-state index in [4.69, 9.17) is 0 Å². The molecule has 140 valence electrons. The van der Waals surface area contributed by atoms with Gasteiger partial charge in [0.25, 0.3) is 0 Å². The van der Waals surface area contributed by atoms with E-state index in [1.165, 1.54) is 5.69 Å². The van der Waals surface area contributed by atoms with Crippen molar-refractivity contribution in [3.05, 3.63) is 54.2 Å². The Labute approximate surface area is 170 Å². The molecule has 0 bridgehead atoms. The van der Waals surface area contributed by atoms with Gasteiger partial charge in [-0.3, -0.25) is 4.68 Å². The number of hydrogen-bond acceptors (Lipinski definition) is 3. The summed E-state index contributed by atoms with van der Waals surface area (Å²) in [6, 6.07) is 8.05. The van der Waals surface area contributed by atoms with Gasteiger partial charge in [-0.25, -0.2) is 9.98 Å². The third kappa shape index (κ3) is 5.45. The molecule has 0 aromatic carbocycles. The molecule has 8 heteroatoms. The summed E-state index contributed by atoms with van der Waals surface area (Å²) >= 11 is 0. The van der Waals surface area contributed by atoms with Crippen molar-refractivity contribution in [2.24, 2.45) is 4.99 Å². The Bertz CT molecular complexity index is 823. The zero-order valence-electron chi connectivity index (χ0n) is 15.2. The molecular weight excluding hydrogens is 441 g/mol. The maximum atomic E-state index is 4.64. The normalized spacial score (nSPS) is 11.4. The van der Waals surface area contributed by atoms with Crippen LogP contribution in [-0.4, -0.2) is 38.2 Å². The fourth-order valence-corrected chi connectivity index (χ4v) is 2.66. The van der Waals surface area contributed by atoms with Crippen LogP contribution in [0, 0.1) is 6.92 Å². The van der Waals surface area contributed by atoms with E-state index in [1.54, 1.807) is 6.20 Å². The van der Waals surface area contributed by atoms with Crippen LogP contribution in [0.5, 0.6) is 0 Å². The molecule has 0 unspecified atom stereocenters. The summed E-state index contributed by atoms with van der Waals surface area (Å²) in [5.74, 6) is 0.816. The van der Waals surface area contributed by atoms with Crippen molar-refractivity contribution < 1.29 is 0 Å². The third-order valence-corrected chi connectivity index (χ3v) is 3.90. The summed E-state index contributed by atoms with van der Waals surface area (Å²) in [5.41, 5.74) is 3.09. The molecule has 3 heterocycles. The number of halogens is 1. The van der Waals surface area contributed by atoms with Gasteiger partial charge in [0.05, 0.1) is 12.2 Å². The molecule has 0 spiro atoms. The Kier molecular flexibility index (Phi) is 7.89. The van der Waals surface area contributed by atoms with Crippen molar-refractivity contribution in [2.45, 2.75) is 33.4 Å². The smallest absolute Gasteiger partial charge is 0.191 e. The van der Waals surface area contributed by atoms with Gasteiger partial charge in [-0.15, -0.1) is 24.0 Å². The van der Waals surface area contributed by atoms with E-state index in [9.17, 15) is 0 Å². The first-order chi connectivity index (χ1) is 12.3. The number of hydrogen-bond donors (Lipinski definition) is 2. The lowest BCUT2D eigenvalue weighted by molar-refractivity contribution is 0.570. The van der Waals surface area contributed by atoms with Crippen molar-refractivity contribution in [3.63, 3.8) is 0 Å². The maximum Gasteiger partial charge on any atom is 0.191 e. The summed E-state index contributed by atoms with van der Waals surface area (Å²) in [4.78, 5) is 9.26. The van der Waals surface area contributed by atoms with E-state index in [1.807, 2.05) is 29.1 Å². The highest BCUT2D eigenvalue weighted by Crippen LogP contribution is 2.09. The average Bonchev–Trinajstić information content (AvgIpc) is 3.26. The molecule has 0 fully saturated rings. The predicted octanol–water partition coefficient (Wildman–Crippen LogP) is 2.60. The van der Waals surface area contributed by atoms with Gasteiger partial charge >= 0.3 is 0 Å². The first kappa shape index (κ1) is 20.2. The molecule has 3 rings (SSSR count). The molecule has 0 atom stereocenters. The van der Waals surface area contributed by atoms with Crippen molar-refractivity contribution in [2.75, 3.05) is 13.1 Å². The Balaban J connectivity index is 0.00000243. The first-order valence-corrected chi connectivity index (χ1v) is 8.69. The molecule has 26 heavy (non-hydrogen) atoms. The highest BCUT2D eigenvalue weighted by Gasteiger charge is 2.03. The minimum absolute atomic E-state index is 0. The quantitative estimate of drug-likeness (QED) is 0.243. The lowest BCUT2D eigenvalue weighted by Gasteiger charge is -2.10. The molecule has 0 amide bonds. The van der Waals surface area contributed by atoms with Crippen LogP contribution < -0.4 is 10.6 Å². The summed E-state index contributed by atoms with van der Waals surface area (Å²) < 4.78 is 4.03. The largest absolute Gasteiger partial charge is 0.357 e. The number of rotatable bonds is 7. The van der Waals surface area contributed by atoms with Gasteiger partial charge in [0.15, 0.2) is 5.96 Å². The second kappa shape index (κ2) is 10.1. The van der Waals surface area contributed by atoms with Crippen LogP contribution in [0.3, 0.4) is 0 Å². The van der Waals surface area contributed by atoms with Gasteiger partial charge in [-0.2, -0.15) is 5.10 Å². The molecule has 3 aromatic rings. The van der Waals surface area contributed by atoms with E-state index >= 15 is 0 Å². The second-order valence-corrected chi connectivity index (χ2v) is 5.87. The highest BCUT2D eigenvalue weighted by molar-refractivity contribution is 14.0. The number of aliphatic imine (C=N–C) groups is 1. The predicted molar refractivity (Wildman–Crippen MR) is 115 cm³/mol. The fourth-order valence-electron chi connectivity index (χ4n) is 2.66. The van der Waals surface area contributed by atoms with Crippen molar-refractivity contribution in [1.29, 1.82) is 0 Å². The number of guanidine groups is 1. The van der Waals surface area contributed by atoms with Crippen LogP contribution >= 0.6 is 24.0 Å². The Morgan fingerprint density at radius 1 is 1.23 bits per heavy atom. The molecule has 2 N–H and O–H groups in total. The van der Waals surface area contributed by atoms with Crippen molar-refractivity contribution in [1.82, 2.24) is 29.8 Å². The monoisotopic (exact) mass is 467 g/mol. The zero-order chi connectivity index (χ0) is 17.5. The van der Waals surface area contributed by atoms with Gasteiger partial charge < -0.3 is 15.0 Å². The molecule has 0 aliphatic carbocycles. The fraction of sp³-hybridized carbons (Fsp3) is 0.389. The molecular formula is C18H26IN7. The van der Waals surface area contributed by atoms with Crippen molar-refractivity contribution >= 4 is 35.6 Å². The highest BCUT2D eigenvalue weighted by atomic mass is 127. The standard InChI is InChI=1S/C18H25N7.HI/c1-3-19-18(20-9-5-11-24-12-6-10-22-24)21-13-16-14-25-15(2)7-4-8-17(25)23-16;/h4,6-8,10,12,14H,3,5,9,11,13H2,1-2H3,(H2,19,20,21);1H. The first-order valence-electron chi connectivity index (χ1n) is 8.69. The SMILES string of the molecule is CCNC(=NCc1cn2c(C)cccc2n1)NCCCn1cccn1.I. The number of imidazole rings is 1. The average molecular weight is 467 g/mol. The number of aromatic nitrogens is 4. The van der Waals surface area contributed by atoms with Crippen LogP contribution in [0.25, 0.3) is 5.65 Å². The summed E-state index contributed by atoms with van der Waals surface area (Å²) in [7, 11) is 0. The van der Waals surface area contributed by atoms with Gasteiger partial charge in [-0.1, -0.05) is 6.07 Å². The van der Waals surface area contributed by atoms with Crippen LogP contribution in [0.15, 0.2) is 47.8 Å². The summed E-state index contributed by atoms with van der Waals surface area (Å²) in [6.45, 7) is 7.26. The topological polar surface area (TPSA) is 71.5 Å². The number of nitrogens with one attached hydrogen (secondary N) is 2. The van der Waals surface area contributed by atoms with E-state index in [0.717, 1.165) is 43.4 Å². The van der Waals surface area contributed by atoms with E-state index in [-0.39, 0.29) is 24.0 Å². The second-order valence-electron chi connectivity index (χ2n) is 5.87. The number of aryl methyl sites for hydroxylation is 2. The van der Waals surface area contributed by atoms with Crippen LogP contribution in [-0.2, 0) is 13.1 Å². The summed E-state index contributed by atoms with van der Waals surface area (Å²) in [5, 5.41) is 10.8. The minimum Gasteiger partial charge on any atom is -0.357 e. The number of nitrogens with zero attached hydrogens (tertiary/aromatic N) is 5. The van der Waals surface area contributed by atoms with Crippen LogP contribution in [0.2, 0.25) is 0 Å². The Morgan fingerprint density at radius 2 is 2.12 bits per heavy atom. The molecule has 0 saturated carbocycles. The van der Waals surface area contributed by atoms with E-state index < -0.39 is 0 Å². The van der Waals surface area contributed by atoms with Gasteiger partial charge in [-0.05, 0) is 38.5 Å². The lowest BCUT2D eigenvalue weighted by atomic mass is 10.4. The van der Waals surface area contributed by atoms with Crippen LogP contribution in [0.1, 0.15) is 24.7 Å². The lowest BCUT2D eigenvalue weighted by Crippen LogP contribution is -2.38. The number of pyridine rings is 1. The van der Waals surface area contributed by atoms with E-state index in [0.29, 0.717) is 6.54 Å². The van der Waals surface area contributed by atoms with Crippen LogP contribution in [0.4, 0.5) is 0 Å². The minimum atomic E-state index is 0. The van der Waals surface area contributed by atoms with Crippen molar-refractivity contribution in [3.8, 4) is 0 Å². The molecule has 0 aliphatic rings. The number of fused-ring (bicyclic) bond motifs is 1. The Morgan fingerprint density at radius 3 is 2.85 bits per heavy atom. The molecule has 0 saturated heterocycles. The maximum absolute atomic E-state index is 4.64. The molecule has 0 radical (unpaired) electrons. The van der Waals surface area contributed by atoms with Gasteiger partial charge in [0.2, 0.25) is 0 Å². The summed E-state index contributed by atoms with van der Waals surface area (Å²) in [6.07, 6.45) is 6.81. The van der Waals surface area contributed by atoms with Gasteiger partial charge in [0, 0.05) is 43.9 Å². The van der Waals surface area contributed by atoms with E-state index in [2.05, 4.69) is 56.2 Å². The zero-order valence-corrected chi connectivity index (χ0v) is 17.6. The Hall–Kier alpha value is -2.10. The molecule has 3 aromatic heterocycles. The third-order valence-electron chi connectivity index (χ3n) is 3.90.